The van der Waals surface area contributed by atoms with Gasteiger partial charge in [-0.2, -0.15) is 5.26 Å². The van der Waals surface area contributed by atoms with E-state index in [1.54, 1.807) is 12.1 Å². The second-order valence-corrected chi connectivity index (χ2v) is 8.82. The minimum atomic E-state index is 0.242. The van der Waals surface area contributed by atoms with Crippen molar-refractivity contribution in [3.63, 3.8) is 0 Å². The minimum Gasteiger partial charge on any atom is -0.339 e. The lowest BCUT2D eigenvalue weighted by Gasteiger charge is -2.43. The lowest BCUT2D eigenvalue weighted by molar-refractivity contribution is -0.135. The molecule has 7 nitrogen and oxygen atoms in total. The lowest BCUT2D eigenvalue weighted by Crippen LogP contribution is -2.55. The highest BCUT2D eigenvalue weighted by atomic mass is 16.2. The number of benzene rings is 1. The fraction of sp³-hybridized carbons (Fsp3) is 0.500. The van der Waals surface area contributed by atoms with Crippen LogP contribution >= 0.6 is 0 Å². The molecule has 0 unspecified atom stereocenters. The van der Waals surface area contributed by atoms with Crippen molar-refractivity contribution >= 4 is 5.91 Å². The Labute approximate surface area is 183 Å². The minimum absolute atomic E-state index is 0.242. The monoisotopic (exact) mass is 416 g/mol. The maximum absolute atomic E-state index is 12.8. The summed E-state index contributed by atoms with van der Waals surface area (Å²) in [5, 5.41) is 8.96. The molecule has 2 aromatic rings. The van der Waals surface area contributed by atoms with Crippen molar-refractivity contribution in [1.82, 2.24) is 24.7 Å². The quantitative estimate of drug-likeness (QED) is 0.760. The van der Waals surface area contributed by atoms with E-state index in [1.165, 1.54) is 19.3 Å². The molecule has 2 fully saturated rings. The summed E-state index contributed by atoms with van der Waals surface area (Å²) in [4.78, 5) is 29.0. The molecule has 5 rings (SSSR count). The maximum atomic E-state index is 12.8. The van der Waals surface area contributed by atoms with Crippen LogP contribution in [0.3, 0.4) is 0 Å². The number of nitrogens with zero attached hydrogens (tertiary/aromatic N) is 6. The molecule has 3 aliphatic rings. The molecular weight excluding hydrogens is 388 g/mol. The summed E-state index contributed by atoms with van der Waals surface area (Å²) in [7, 11) is 0. The zero-order valence-corrected chi connectivity index (χ0v) is 17.8. The molecule has 1 aromatic carbocycles. The molecule has 7 heteroatoms. The average molecular weight is 417 g/mol. The van der Waals surface area contributed by atoms with Crippen LogP contribution in [0.2, 0.25) is 0 Å². The van der Waals surface area contributed by atoms with Gasteiger partial charge >= 0.3 is 0 Å². The lowest BCUT2D eigenvalue weighted by atomic mass is 9.91. The van der Waals surface area contributed by atoms with Crippen LogP contribution in [0.1, 0.15) is 36.1 Å². The Bertz CT molecular complexity index is 986. The Morgan fingerprint density at radius 1 is 1.10 bits per heavy atom. The highest BCUT2D eigenvalue weighted by molar-refractivity contribution is 5.78. The van der Waals surface area contributed by atoms with E-state index in [0.29, 0.717) is 17.9 Å². The van der Waals surface area contributed by atoms with Gasteiger partial charge in [-0.3, -0.25) is 14.6 Å². The number of fused-ring (bicyclic) bond motifs is 1. The predicted octanol–water partition coefficient (Wildman–Crippen LogP) is 2.07. The van der Waals surface area contributed by atoms with E-state index in [2.05, 4.69) is 20.9 Å². The Morgan fingerprint density at radius 2 is 1.87 bits per heavy atom. The molecule has 3 heterocycles. The summed E-state index contributed by atoms with van der Waals surface area (Å²) in [5.74, 6) is 0.934. The molecule has 0 spiro atoms. The number of carbonyl (C=O) groups excluding carboxylic acids is 1. The molecule has 0 bridgehead atoms. The van der Waals surface area contributed by atoms with Gasteiger partial charge in [0.15, 0.2) is 5.82 Å². The first-order valence-corrected chi connectivity index (χ1v) is 11.3. The molecule has 2 aliphatic heterocycles. The van der Waals surface area contributed by atoms with E-state index in [9.17, 15) is 4.79 Å². The highest BCUT2D eigenvalue weighted by Crippen LogP contribution is 2.26. The van der Waals surface area contributed by atoms with Crippen molar-refractivity contribution < 1.29 is 4.79 Å². The van der Waals surface area contributed by atoms with Crippen molar-refractivity contribution in [3.05, 3.63) is 47.3 Å². The van der Waals surface area contributed by atoms with Gasteiger partial charge in [0, 0.05) is 69.1 Å². The number of nitriles is 1. The first-order valence-electron chi connectivity index (χ1n) is 11.3. The van der Waals surface area contributed by atoms with E-state index in [0.717, 1.165) is 68.6 Å². The normalized spacial score (nSPS) is 20.0. The van der Waals surface area contributed by atoms with Crippen LogP contribution in [0.15, 0.2) is 30.5 Å². The van der Waals surface area contributed by atoms with Crippen LogP contribution in [0.4, 0.5) is 0 Å². The van der Waals surface area contributed by atoms with Crippen LogP contribution in [0, 0.1) is 11.3 Å². The van der Waals surface area contributed by atoms with Gasteiger partial charge < -0.3 is 4.90 Å². The molecule has 0 radical (unpaired) electrons. The van der Waals surface area contributed by atoms with Crippen LogP contribution in [-0.4, -0.2) is 75.9 Å². The van der Waals surface area contributed by atoms with E-state index in [4.69, 9.17) is 10.2 Å². The Kier molecular flexibility index (Phi) is 5.66. The maximum Gasteiger partial charge on any atom is 0.236 e. The van der Waals surface area contributed by atoms with Gasteiger partial charge in [0.25, 0.3) is 0 Å². The number of piperazine rings is 1. The zero-order valence-electron chi connectivity index (χ0n) is 17.8. The van der Waals surface area contributed by atoms with Crippen LogP contribution < -0.4 is 0 Å². The molecule has 31 heavy (non-hydrogen) atoms. The number of aromatic nitrogens is 2. The third-order valence-electron chi connectivity index (χ3n) is 6.90. The number of amides is 1. The third-order valence-corrected chi connectivity index (χ3v) is 6.90. The van der Waals surface area contributed by atoms with Gasteiger partial charge in [-0.15, -0.1) is 0 Å². The first kappa shape index (κ1) is 20.1. The van der Waals surface area contributed by atoms with Gasteiger partial charge in [-0.25, -0.2) is 9.97 Å². The van der Waals surface area contributed by atoms with Gasteiger partial charge in [0.05, 0.1) is 23.9 Å². The van der Waals surface area contributed by atoms with Crippen LogP contribution in [-0.2, 0) is 17.8 Å². The number of carbonyl (C=O) groups is 1. The molecule has 160 valence electrons. The molecule has 1 aromatic heterocycles. The molecule has 0 atom stereocenters. The van der Waals surface area contributed by atoms with Crippen molar-refractivity contribution in [1.29, 1.82) is 5.26 Å². The number of rotatable bonds is 4. The molecule has 1 amide bonds. The predicted molar refractivity (Wildman–Crippen MR) is 117 cm³/mol. The van der Waals surface area contributed by atoms with E-state index in [1.807, 2.05) is 23.2 Å². The van der Waals surface area contributed by atoms with Crippen LogP contribution in [0.25, 0.3) is 11.4 Å². The fourth-order valence-electron chi connectivity index (χ4n) is 4.72. The summed E-state index contributed by atoms with van der Waals surface area (Å²) in [6.07, 6.45) is 6.74. The summed E-state index contributed by atoms with van der Waals surface area (Å²) in [6, 6.07) is 10.3. The summed E-state index contributed by atoms with van der Waals surface area (Å²) in [5.41, 5.74) is 3.71. The zero-order chi connectivity index (χ0) is 21.2. The molecule has 1 saturated carbocycles. The van der Waals surface area contributed by atoms with Crippen molar-refractivity contribution in [3.8, 4) is 17.5 Å². The highest BCUT2D eigenvalue weighted by Gasteiger charge is 2.30. The first-order chi connectivity index (χ1) is 15.2. The van der Waals surface area contributed by atoms with Gasteiger partial charge in [-0.05, 0) is 37.1 Å². The van der Waals surface area contributed by atoms with Crippen LogP contribution in [0.5, 0.6) is 0 Å². The second kappa shape index (κ2) is 8.74. The Morgan fingerprint density at radius 3 is 2.55 bits per heavy atom. The molecular formula is C24H28N6O. The van der Waals surface area contributed by atoms with Gasteiger partial charge in [-0.1, -0.05) is 6.42 Å². The van der Waals surface area contributed by atoms with Gasteiger partial charge in [0.2, 0.25) is 5.91 Å². The second-order valence-electron chi connectivity index (χ2n) is 8.82. The Hall–Kier alpha value is -2.82. The summed E-state index contributed by atoms with van der Waals surface area (Å²) in [6.45, 7) is 5.78. The standard InChI is InChI=1S/C24H28N6O/c25-14-18-4-6-19(7-5-18)24-26-15-20-16-28(9-8-22(20)27-24)17-23(31)30-12-10-29(11-13-30)21-2-1-3-21/h4-7,15,21H,1-3,8-13,16-17H2. The van der Waals surface area contributed by atoms with Crippen molar-refractivity contribution in [2.45, 2.75) is 38.3 Å². The van der Waals surface area contributed by atoms with Crippen molar-refractivity contribution in [2.75, 3.05) is 39.3 Å². The van der Waals surface area contributed by atoms with Gasteiger partial charge in [0.1, 0.15) is 0 Å². The summed E-state index contributed by atoms with van der Waals surface area (Å²) >= 11 is 0. The fourth-order valence-corrected chi connectivity index (χ4v) is 4.72. The Balaban J connectivity index is 1.17. The third kappa shape index (κ3) is 4.32. The molecule has 0 N–H and O–H groups in total. The summed E-state index contributed by atoms with van der Waals surface area (Å²) < 4.78 is 0. The smallest absolute Gasteiger partial charge is 0.236 e. The topological polar surface area (TPSA) is 76.4 Å². The van der Waals surface area contributed by atoms with E-state index >= 15 is 0 Å². The van der Waals surface area contributed by atoms with E-state index < -0.39 is 0 Å². The van der Waals surface area contributed by atoms with Crippen molar-refractivity contribution in [2.24, 2.45) is 0 Å². The SMILES string of the molecule is N#Cc1ccc(-c2ncc3c(n2)CCN(CC(=O)N2CCN(C4CCC4)CC2)C3)cc1. The largest absolute Gasteiger partial charge is 0.339 e. The average Bonchev–Trinajstić information content (AvgIpc) is 2.78. The molecule has 1 saturated heterocycles. The number of hydrogen-bond donors (Lipinski definition) is 0. The number of hydrogen-bond acceptors (Lipinski definition) is 6. The molecule has 1 aliphatic carbocycles. The van der Waals surface area contributed by atoms with E-state index in [-0.39, 0.29) is 5.91 Å².